The summed E-state index contributed by atoms with van der Waals surface area (Å²) in [5.74, 6) is 1.74. The lowest BCUT2D eigenvalue weighted by atomic mass is 10.3. The van der Waals surface area contributed by atoms with Crippen LogP contribution < -0.4 is 14.2 Å². The van der Waals surface area contributed by atoms with Crippen molar-refractivity contribution in [1.82, 2.24) is 15.0 Å². The molecule has 2 aromatic rings. The van der Waals surface area contributed by atoms with E-state index in [-0.39, 0.29) is 23.4 Å². The second-order valence-corrected chi connectivity index (χ2v) is 3.95. The van der Waals surface area contributed by atoms with Crippen molar-refractivity contribution in [3.05, 3.63) is 28.8 Å². The third kappa shape index (κ3) is 2.25. The first-order valence-corrected chi connectivity index (χ1v) is 5.61. The van der Waals surface area contributed by atoms with Gasteiger partial charge in [0.15, 0.2) is 11.5 Å². The third-order valence-corrected chi connectivity index (χ3v) is 2.45. The first kappa shape index (κ1) is 11.3. The molecular formula is C10H5Cl2N3O3. The number of fused-ring (bicyclic) bond motifs is 1. The molecule has 0 radical (unpaired) electrons. The number of hydrogen-bond acceptors (Lipinski definition) is 6. The number of nitrogens with zero attached hydrogens (tertiary/aromatic N) is 3. The van der Waals surface area contributed by atoms with E-state index in [1.165, 1.54) is 0 Å². The molecule has 1 aromatic carbocycles. The Hall–Kier alpha value is -1.79. The molecule has 0 atom stereocenters. The maximum absolute atomic E-state index is 5.64. The van der Waals surface area contributed by atoms with Crippen molar-refractivity contribution in [2.24, 2.45) is 0 Å². The van der Waals surface area contributed by atoms with E-state index in [1.54, 1.807) is 18.2 Å². The van der Waals surface area contributed by atoms with Gasteiger partial charge < -0.3 is 14.2 Å². The predicted molar refractivity (Wildman–Crippen MR) is 62.5 cm³/mol. The normalized spacial score (nSPS) is 12.6. The lowest BCUT2D eigenvalue weighted by Gasteiger charge is -2.04. The Morgan fingerprint density at radius 3 is 2.50 bits per heavy atom. The van der Waals surface area contributed by atoms with Gasteiger partial charge in [-0.05, 0) is 35.3 Å². The van der Waals surface area contributed by atoms with Crippen molar-refractivity contribution >= 4 is 23.2 Å². The highest BCUT2D eigenvalue weighted by atomic mass is 35.5. The zero-order chi connectivity index (χ0) is 12.5. The highest BCUT2D eigenvalue weighted by Gasteiger charge is 2.14. The lowest BCUT2D eigenvalue weighted by Crippen LogP contribution is -1.95. The molecule has 3 rings (SSSR count). The van der Waals surface area contributed by atoms with Gasteiger partial charge in [-0.3, -0.25) is 0 Å². The Morgan fingerprint density at radius 1 is 1.00 bits per heavy atom. The molecular weight excluding hydrogens is 281 g/mol. The van der Waals surface area contributed by atoms with Crippen LogP contribution in [-0.4, -0.2) is 21.7 Å². The molecule has 0 unspecified atom stereocenters. The van der Waals surface area contributed by atoms with Crippen LogP contribution in [0.2, 0.25) is 10.6 Å². The number of ether oxygens (including phenoxy) is 3. The average molecular weight is 286 g/mol. The smallest absolute Gasteiger partial charge is 0.327 e. The monoisotopic (exact) mass is 285 g/mol. The lowest BCUT2D eigenvalue weighted by molar-refractivity contribution is 0.174. The van der Waals surface area contributed by atoms with Crippen molar-refractivity contribution in [2.75, 3.05) is 6.79 Å². The summed E-state index contributed by atoms with van der Waals surface area (Å²) in [5, 5.41) is -0.0727. The Bertz CT molecular complexity index is 589. The van der Waals surface area contributed by atoms with Crippen LogP contribution in [0.15, 0.2) is 18.2 Å². The van der Waals surface area contributed by atoms with Gasteiger partial charge in [-0.2, -0.15) is 15.0 Å². The third-order valence-electron chi connectivity index (χ3n) is 2.11. The van der Waals surface area contributed by atoms with Crippen molar-refractivity contribution < 1.29 is 14.2 Å². The molecule has 6 nitrogen and oxygen atoms in total. The minimum Gasteiger partial charge on any atom is -0.454 e. The summed E-state index contributed by atoms with van der Waals surface area (Å²) in [6, 6.07) is 5.09. The maximum atomic E-state index is 5.64. The molecule has 0 fully saturated rings. The van der Waals surface area contributed by atoms with Crippen LogP contribution in [0.25, 0.3) is 0 Å². The Kier molecular flexibility index (Phi) is 2.81. The molecule has 1 aliphatic rings. The Balaban J connectivity index is 1.88. The van der Waals surface area contributed by atoms with Crippen LogP contribution in [0.1, 0.15) is 0 Å². The molecule has 0 spiro atoms. The number of benzene rings is 1. The number of rotatable bonds is 2. The Labute approximate surface area is 111 Å². The number of aromatic nitrogens is 3. The van der Waals surface area contributed by atoms with Gasteiger partial charge in [0.1, 0.15) is 5.75 Å². The van der Waals surface area contributed by atoms with Crippen LogP contribution in [0.4, 0.5) is 0 Å². The highest BCUT2D eigenvalue weighted by molar-refractivity contribution is 6.31. The molecule has 0 N–H and O–H groups in total. The first-order valence-electron chi connectivity index (χ1n) is 4.85. The number of halogens is 2. The molecule has 92 valence electrons. The molecule has 0 amide bonds. The van der Waals surface area contributed by atoms with Gasteiger partial charge in [0.2, 0.25) is 17.4 Å². The minimum absolute atomic E-state index is 0.0128. The van der Waals surface area contributed by atoms with Crippen molar-refractivity contribution in [3.8, 4) is 23.3 Å². The summed E-state index contributed by atoms with van der Waals surface area (Å²) in [6.45, 7) is 0.197. The molecule has 0 bridgehead atoms. The summed E-state index contributed by atoms with van der Waals surface area (Å²) in [5.41, 5.74) is 0. The summed E-state index contributed by atoms with van der Waals surface area (Å²) >= 11 is 11.3. The fraction of sp³-hybridized carbons (Fsp3) is 0.100. The van der Waals surface area contributed by atoms with Crippen LogP contribution in [0, 0.1) is 0 Å². The van der Waals surface area contributed by atoms with Gasteiger partial charge in [-0.15, -0.1) is 0 Å². The second kappa shape index (κ2) is 4.47. The quantitative estimate of drug-likeness (QED) is 0.845. The highest BCUT2D eigenvalue weighted by Crippen LogP contribution is 2.36. The van der Waals surface area contributed by atoms with Gasteiger partial charge in [-0.1, -0.05) is 0 Å². The van der Waals surface area contributed by atoms with E-state index in [1.807, 2.05) is 0 Å². The molecule has 1 aliphatic heterocycles. The van der Waals surface area contributed by atoms with Gasteiger partial charge in [-0.25, -0.2) is 0 Å². The van der Waals surface area contributed by atoms with Crippen LogP contribution >= 0.6 is 23.2 Å². The molecule has 1 aromatic heterocycles. The van der Waals surface area contributed by atoms with E-state index in [0.717, 1.165) is 0 Å². The zero-order valence-electron chi connectivity index (χ0n) is 8.76. The van der Waals surface area contributed by atoms with Crippen LogP contribution in [0.5, 0.6) is 23.3 Å². The average Bonchev–Trinajstić information content (AvgIpc) is 2.74. The summed E-state index contributed by atoms with van der Waals surface area (Å²) in [6.07, 6.45) is 0. The molecule has 18 heavy (non-hydrogen) atoms. The standard InChI is InChI=1S/C10H5Cl2N3O3/c11-8-13-9(12)15-10(14-8)18-5-1-2-6-7(3-5)17-4-16-6/h1-3H,4H2. The second-order valence-electron chi connectivity index (χ2n) is 3.27. The van der Waals surface area contributed by atoms with E-state index in [9.17, 15) is 0 Å². The van der Waals surface area contributed by atoms with E-state index in [0.29, 0.717) is 17.2 Å². The topological polar surface area (TPSA) is 66.4 Å². The van der Waals surface area contributed by atoms with Crippen molar-refractivity contribution in [2.45, 2.75) is 0 Å². The SMILES string of the molecule is Clc1nc(Cl)nc(Oc2ccc3c(c2)OCO3)n1. The first-order chi connectivity index (χ1) is 8.70. The van der Waals surface area contributed by atoms with Gasteiger partial charge in [0.05, 0.1) is 0 Å². The fourth-order valence-corrected chi connectivity index (χ4v) is 1.75. The van der Waals surface area contributed by atoms with Gasteiger partial charge in [0.25, 0.3) is 0 Å². The van der Waals surface area contributed by atoms with E-state index >= 15 is 0 Å². The van der Waals surface area contributed by atoms with Gasteiger partial charge >= 0.3 is 6.01 Å². The molecule has 0 saturated heterocycles. The molecule has 2 heterocycles. The zero-order valence-corrected chi connectivity index (χ0v) is 10.3. The summed E-state index contributed by atoms with van der Waals surface area (Å²) in [4.78, 5) is 11.2. The molecule has 0 aliphatic carbocycles. The minimum atomic E-state index is -0.0363. The molecule has 0 saturated carbocycles. The Morgan fingerprint density at radius 2 is 1.72 bits per heavy atom. The summed E-state index contributed by atoms with van der Waals surface area (Å²) in [7, 11) is 0. The van der Waals surface area contributed by atoms with Crippen LogP contribution in [0.3, 0.4) is 0 Å². The number of hydrogen-bond donors (Lipinski definition) is 0. The largest absolute Gasteiger partial charge is 0.454 e. The van der Waals surface area contributed by atoms with E-state index in [4.69, 9.17) is 37.4 Å². The van der Waals surface area contributed by atoms with E-state index < -0.39 is 0 Å². The molecule has 8 heteroatoms. The van der Waals surface area contributed by atoms with Gasteiger partial charge in [0, 0.05) is 6.07 Å². The summed E-state index contributed by atoms with van der Waals surface area (Å²) < 4.78 is 15.8. The maximum Gasteiger partial charge on any atom is 0.327 e. The predicted octanol–water partition coefficient (Wildman–Crippen LogP) is 2.70. The van der Waals surface area contributed by atoms with Crippen molar-refractivity contribution in [3.63, 3.8) is 0 Å². The van der Waals surface area contributed by atoms with Crippen LogP contribution in [-0.2, 0) is 0 Å². The van der Waals surface area contributed by atoms with E-state index in [2.05, 4.69) is 15.0 Å². The van der Waals surface area contributed by atoms with Crippen molar-refractivity contribution in [1.29, 1.82) is 0 Å². The fourth-order valence-electron chi connectivity index (χ4n) is 1.40.